The van der Waals surface area contributed by atoms with Gasteiger partial charge < -0.3 is 19.4 Å². The van der Waals surface area contributed by atoms with Crippen LogP contribution in [0.25, 0.3) is 0 Å². The van der Waals surface area contributed by atoms with Gasteiger partial charge in [0.25, 0.3) is 0 Å². The van der Waals surface area contributed by atoms with Crippen LogP contribution in [0.4, 0.5) is 0 Å². The van der Waals surface area contributed by atoms with Crippen LogP contribution in [0.5, 0.6) is 5.75 Å². The first kappa shape index (κ1) is 22.0. The first-order chi connectivity index (χ1) is 9.77. The van der Waals surface area contributed by atoms with Crippen molar-refractivity contribution < 1.29 is 79.2 Å². The number of carboxylic acid groups (broad SMARTS) is 1. The van der Waals surface area contributed by atoms with E-state index in [1.807, 2.05) is 0 Å². The molecule has 0 unspecified atom stereocenters. The second-order valence-corrected chi connectivity index (χ2v) is 6.12. The minimum Gasteiger partial charge on any atom is -0.548 e. The van der Waals surface area contributed by atoms with E-state index in [-0.39, 0.29) is 69.4 Å². The van der Waals surface area contributed by atoms with Crippen LogP contribution in [0, 0.1) is 13.8 Å². The van der Waals surface area contributed by atoms with Crippen molar-refractivity contribution in [2.45, 2.75) is 18.7 Å². The van der Waals surface area contributed by atoms with Crippen molar-refractivity contribution >= 4 is 16.0 Å². The average Bonchev–Trinajstić information content (AvgIpc) is 2.36. The van der Waals surface area contributed by atoms with E-state index in [2.05, 4.69) is 4.72 Å². The minimum absolute atomic E-state index is 0. The first-order valence-electron chi connectivity index (χ1n) is 6.20. The maximum absolute atomic E-state index is 12.2. The van der Waals surface area contributed by atoms with Gasteiger partial charge in [-0.15, -0.1) is 0 Å². The van der Waals surface area contributed by atoms with E-state index in [1.165, 1.54) is 7.11 Å². The van der Waals surface area contributed by atoms with E-state index < -0.39 is 22.6 Å². The molecule has 0 aliphatic carbocycles. The molecule has 1 aromatic carbocycles. The number of nitrogens with one attached hydrogen (secondary N) is 1. The molecule has 0 aliphatic heterocycles. The molecular formula is C13H18KNO6S. The standard InChI is InChI=1S/C13H19NO6S.K/c1-9-6-11(19-3)7-10(2)13(9)21(17,18)14-4-5-20-8-12(15)16;/h6-7,14H,4-5,8H2,1-3H3,(H,15,16);/q;+1/p-1. The Labute approximate surface area is 172 Å². The van der Waals surface area contributed by atoms with Gasteiger partial charge in [0.1, 0.15) is 5.75 Å². The van der Waals surface area contributed by atoms with Crippen molar-refractivity contribution in [3.8, 4) is 5.75 Å². The molecule has 1 rings (SSSR count). The van der Waals surface area contributed by atoms with Gasteiger partial charge in [-0.05, 0) is 37.1 Å². The third-order valence-electron chi connectivity index (χ3n) is 2.70. The number of aryl methyl sites for hydroxylation is 2. The summed E-state index contributed by atoms with van der Waals surface area (Å²) >= 11 is 0. The van der Waals surface area contributed by atoms with Crippen LogP contribution >= 0.6 is 0 Å². The normalized spacial score (nSPS) is 10.9. The van der Waals surface area contributed by atoms with Crippen molar-refractivity contribution in [2.24, 2.45) is 0 Å². The number of hydrogen-bond acceptors (Lipinski definition) is 6. The zero-order valence-corrected chi connectivity index (χ0v) is 17.1. The zero-order valence-electron chi connectivity index (χ0n) is 13.1. The predicted molar refractivity (Wildman–Crippen MR) is 73.5 cm³/mol. The van der Waals surface area contributed by atoms with E-state index in [1.54, 1.807) is 26.0 Å². The van der Waals surface area contributed by atoms with Crippen LogP contribution in [0.15, 0.2) is 17.0 Å². The molecule has 7 nitrogen and oxygen atoms in total. The topological polar surface area (TPSA) is 105 Å². The van der Waals surface area contributed by atoms with Crippen molar-refractivity contribution in [3.05, 3.63) is 23.3 Å². The second-order valence-electron chi connectivity index (χ2n) is 4.41. The third kappa shape index (κ3) is 6.63. The Morgan fingerprint density at radius 1 is 1.27 bits per heavy atom. The molecular weight excluding hydrogens is 337 g/mol. The van der Waals surface area contributed by atoms with Crippen molar-refractivity contribution in [1.29, 1.82) is 0 Å². The SMILES string of the molecule is COc1cc(C)c(S(=O)(=O)NCCOCC(=O)[O-])c(C)c1.[K+]. The fourth-order valence-corrected chi connectivity index (χ4v) is 3.39. The molecule has 0 saturated heterocycles. The van der Waals surface area contributed by atoms with Crippen molar-refractivity contribution in [2.75, 3.05) is 26.9 Å². The maximum atomic E-state index is 12.2. The van der Waals surface area contributed by atoms with Gasteiger partial charge in [0.05, 0.1) is 31.2 Å². The summed E-state index contributed by atoms with van der Waals surface area (Å²) in [4.78, 5) is 10.3. The Morgan fingerprint density at radius 3 is 2.27 bits per heavy atom. The number of aliphatic carboxylic acids is 1. The Kier molecular flexibility index (Phi) is 9.98. The number of benzene rings is 1. The van der Waals surface area contributed by atoms with Gasteiger partial charge in [-0.2, -0.15) is 0 Å². The largest absolute Gasteiger partial charge is 1.00 e. The molecule has 9 heteroatoms. The molecule has 0 aliphatic rings. The number of carboxylic acids is 1. The number of ether oxygens (including phenoxy) is 2. The molecule has 22 heavy (non-hydrogen) atoms. The van der Waals surface area contributed by atoms with E-state index in [4.69, 9.17) is 9.47 Å². The van der Waals surface area contributed by atoms with E-state index in [0.717, 1.165) is 0 Å². The maximum Gasteiger partial charge on any atom is 1.00 e. The van der Waals surface area contributed by atoms with E-state index in [0.29, 0.717) is 16.9 Å². The average molecular weight is 355 g/mol. The van der Waals surface area contributed by atoms with Crippen molar-refractivity contribution in [1.82, 2.24) is 4.72 Å². The molecule has 0 heterocycles. The van der Waals surface area contributed by atoms with Gasteiger partial charge in [0.15, 0.2) is 0 Å². The molecule has 1 N–H and O–H groups in total. The Bertz CT molecular complexity index is 594. The van der Waals surface area contributed by atoms with Crippen LogP contribution in [0.2, 0.25) is 0 Å². The zero-order chi connectivity index (χ0) is 16.0. The smallest absolute Gasteiger partial charge is 0.548 e. The van der Waals surface area contributed by atoms with Gasteiger partial charge in [0, 0.05) is 6.54 Å². The minimum atomic E-state index is -3.70. The molecule has 0 spiro atoms. The molecule has 0 amide bonds. The molecule has 0 bridgehead atoms. The molecule has 0 saturated carbocycles. The van der Waals surface area contributed by atoms with Crippen LogP contribution in [-0.4, -0.2) is 41.3 Å². The number of hydrogen-bond donors (Lipinski definition) is 1. The summed E-state index contributed by atoms with van der Waals surface area (Å²) in [5.41, 5.74) is 1.13. The number of carbonyl (C=O) groups excluding carboxylic acids is 1. The van der Waals surface area contributed by atoms with Gasteiger partial charge in [-0.1, -0.05) is 0 Å². The Balaban J connectivity index is 0.00000441. The third-order valence-corrected chi connectivity index (χ3v) is 4.46. The van der Waals surface area contributed by atoms with E-state index in [9.17, 15) is 18.3 Å². The van der Waals surface area contributed by atoms with Gasteiger partial charge >= 0.3 is 51.4 Å². The fraction of sp³-hybridized carbons (Fsp3) is 0.462. The molecule has 1 aromatic rings. The molecule has 118 valence electrons. The molecule has 0 radical (unpaired) electrons. The number of carbonyl (C=O) groups is 1. The van der Waals surface area contributed by atoms with E-state index >= 15 is 0 Å². The second kappa shape index (κ2) is 9.99. The van der Waals surface area contributed by atoms with Crippen LogP contribution < -0.4 is 66.0 Å². The summed E-state index contributed by atoms with van der Waals surface area (Å²) in [6.45, 7) is 2.71. The van der Waals surface area contributed by atoms with Gasteiger partial charge in [-0.3, -0.25) is 0 Å². The van der Waals surface area contributed by atoms with Crippen LogP contribution in [-0.2, 0) is 19.6 Å². The summed E-state index contributed by atoms with van der Waals surface area (Å²) in [5, 5.41) is 10.1. The first-order valence-corrected chi connectivity index (χ1v) is 7.68. The monoisotopic (exact) mass is 355 g/mol. The summed E-state index contributed by atoms with van der Waals surface area (Å²) in [5.74, 6) is -0.763. The van der Waals surface area contributed by atoms with Gasteiger partial charge in [0.2, 0.25) is 10.0 Å². The van der Waals surface area contributed by atoms with Gasteiger partial charge in [-0.25, -0.2) is 13.1 Å². The molecule has 0 atom stereocenters. The van der Waals surface area contributed by atoms with Crippen LogP contribution in [0.3, 0.4) is 0 Å². The summed E-state index contributed by atoms with van der Waals surface area (Å²) in [6.07, 6.45) is 0. The summed E-state index contributed by atoms with van der Waals surface area (Å²) in [6, 6.07) is 3.27. The fourth-order valence-electron chi connectivity index (χ4n) is 1.93. The molecule has 0 aromatic heterocycles. The number of rotatable bonds is 8. The summed E-state index contributed by atoms with van der Waals surface area (Å²) in [7, 11) is -2.19. The number of methoxy groups -OCH3 is 1. The Morgan fingerprint density at radius 2 is 1.82 bits per heavy atom. The number of sulfonamides is 1. The molecule has 0 fully saturated rings. The quantitative estimate of drug-likeness (QED) is 0.381. The summed E-state index contributed by atoms with van der Waals surface area (Å²) < 4.78 is 36.6. The Hall–Kier alpha value is -0.00364. The van der Waals surface area contributed by atoms with Crippen LogP contribution in [0.1, 0.15) is 11.1 Å². The predicted octanol–water partition coefficient (Wildman–Crippen LogP) is -3.64. The van der Waals surface area contributed by atoms with Crippen molar-refractivity contribution in [3.63, 3.8) is 0 Å².